The van der Waals surface area contributed by atoms with Gasteiger partial charge in [-0.3, -0.25) is 0 Å². The van der Waals surface area contributed by atoms with E-state index in [0.29, 0.717) is 0 Å². The number of ether oxygens (including phenoxy) is 1. The number of likely N-dealkylation sites (N-methyl/N-ethyl adjacent to an activating group) is 1. The van der Waals surface area contributed by atoms with E-state index in [-0.39, 0.29) is 6.04 Å². The number of hydrogen-bond acceptors (Lipinski definition) is 3. The first-order valence-electron chi connectivity index (χ1n) is 7.51. The molecular formula is C16H26BrClN2O. The van der Waals surface area contributed by atoms with E-state index in [0.717, 1.165) is 48.7 Å². The van der Waals surface area contributed by atoms with Crippen LogP contribution in [0.15, 0.2) is 22.7 Å². The van der Waals surface area contributed by atoms with Crippen molar-refractivity contribution in [2.24, 2.45) is 0 Å². The van der Waals surface area contributed by atoms with Gasteiger partial charge in [-0.1, -0.05) is 47.4 Å². The summed E-state index contributed by atoms with van der Waals surface area (Å²) in [5, 5.41) is 4.35. The van der Waals surface area contributed by atoms with Gasteiger partial charge in [0.05, 0.1) is 6.61 Å². The molecule has 0 aliphatic rings. The molecule has 0 saturated heterocycles. The van der Waals surface area contributed by atoms with Gasteiger partial charge in [0.1, 0.15) is 0 Å². The fraction of sp³-hybridized carbons (Fsp3) is 0.625. The van der Waals surface area contributed by atoms with Gasteiger partial charge in [0.15, 0.2) is 0 Å². The largest absolute Gasteiger partial charge is 0.383 e. The van der Waals surface area contributed by atoms with E-state index in [9.17, 15) is 0 Å². The summed E-state index contributed by atoms with van der Waals surface area (Å²) < 4.78 is 6.18. The highest BCUT2D eigenvalue weighted by Gasteiger charge is 2.15. The second kappa shape index (κ2) is 10.6. The quantitative estimate of drug-likeness (QED) is 0.664. The standard InChI is InChI=1S/C16H26BrClN2O/c1-4-19-16(8-9-20(5-2)10-11-21-3)14-7-6-13(17)12-15(14)18/h6-7,12,16,19H,4-5,8-11H2,1-3H3. The molecule has 1 N–H and O–H groups in total. The minimum atomic E-state index is 0.284. The number of methoxy groups -OCH3 is 1. The van der Waals surface area contributed by atoms with Crippen LogP contribution in [0.4, 0.5) is 0 Å². The lowest BCUT2D eigenvalue weighted by atomic mass is 10.0. The number of halogens is 2. The molecule has 0 aromatic heterocycles. The Morgan fingerprint density at radius 3 is 2.67 bits per heavy atom. The summed E-state index contributed by atoms with van der Waals surface area (Å²) in [5.41, 5.74) is 1.17. The van der Waals surface area contributed by atoms with Crippen LogP contribution in [0.2, 0.25) is 5.02 Å². The first-order chi connectivity index (χ1) is 10.1. The average molecular weight is 378 g/mol. The Balaban J connectivity index is 2.68. The van der Waals surface area contributed by atoms with E-state index >= 15 is 0 Å². The highest BCUT2D eigenvalue weighted by Crippen LogP contribution is 2.28. The molecule has 0 fully saturated rings. The van der Waals surface area contributed by atoms with Crippen molar-refractivity contribution >= 4 is 27.5 Å². The molecule has 21 heavy (non-hydrogen) atoms. The van der Waals surface area contributed by atoms with Crippen LogP contribution in [-0.4, -0.2) is 44.8 Å². The molecule has 1 aromatic rings. The van der Waals surface area contributed by atoms with Crippen molar-refractivity contribution in [3.63, 3.8) is 0 Å². The van der Waals surface area contributed by atoms with Crippen LogP contribution < -0.4 is 5.32 Å². The van der Waals surface area contributed by atoms with Gasteiger partial charge in [-0.15, -0.1) is 0 Å². The summed E-state index contributed by atoms with van der Waals surface area (Å²) in [6.45, 7) is 9.06. The van der Waals surface area contributed by atoms with E-state index < -0.39 is 0 Å². The normalized spacial score (nSPS) is 12.9. The molecule has 0 heterocycles. The van der Waals surface area contributed by atoms with Gasteiger partial charge in [-0.05, 0) is 37.2 Å². The molecule has 0 aliphatic heterocycles. The van der Waals surface area contributed by atoms with E-state index in [4.69, 9.17) is 16.3 Å². The Bertz CT molecular complexity index is 417. The molecule has 5 heteroatoms. The monoisotopic (exact) mass is 376 g/mol. The minimum absolute atomic E-state index is 0.284. The number of benzene rings is 1. The molecule has 0 bridgehead atoms. The maximum absolute atomic E-state index is 6.39. The van der Waals surface area contributed by atoms with Crippen molar-refractivity contribution in [3.8, 4) is 0 Å². The van der Waals surface area contributed by atoms with E-state index in [2.05, 4.69) is 46.1 Å². The second-order valence-corrected chi connectivity index (χ2v) is 6.31. The molecule has 0 radical (unpaired) electrons. The summed E-state index contributed by atoms with van der Waals surface area (Å²) >= 11 is 9.85. The Hall–Kier alpha value is -0.130. The van der Waals surface area contributed by atoms with Crippen LogP contribution in [0.3, 0.4) is 0 Å². The molecule has 0 amide bonds. The Morgan fingerprint density at radius 2 is 2.10 bits per heavy atom. The van der Waals surface area contributed by atoms with Crippen molar-refractivity contribution in [1.29, 1.82) is 0 Å². The van der Waals surface area contributed by atoms with Crippen molar-refractivity contribution < 1.29 is 4.74 Å². The van der Waals surface area contributed by atoms with E-state index in [1.165, 1.54) is 5.56 Å². The molecule has 0 saturated carbocycles. The molecule has 120 valence electrons. The molecule has 0 aliphatic carbocycles. The lowest BCUT2D eigenvalue weighted by Gasteiger charge is -2.25. The van der Waals surface area contributed by atoms with Crippen LogP contribution in [0, 0.1) is 0 Å². The molecule has 1 unspecified atom stereocenters. The smallest absolute Gasteiger partial charge is 0.0589 e. The van der Waals surface area contributed by atoms with Gasteiger partial charge in [0.2, 0.25) is 0 Å². The molecular weight excluding hydrogens is 352 g/mol. The third-order valence-corrected chi connectivity index (χ3v) is 4.40. The van der Waals surface area contributed by atoms with E-state index in [1.807, 2.05) is 12.1 Å². The Kier molecular flexibility index (Phi) is 9.52. The van der Waals surface area contributed by atoms with E-state index in [1.54, 1.807) is 7.11 Å². The second-order valence-electron chi connectivity index (χ2n) is 4.99. The zero-order valence-electron chi connectivity index (χ0n) is 13.2. The molecule has 1 aromatic carbocycles. The number of rotatable bonds is 10. The molecule has 0 spiro atoms. The van der Waals surface area contributed by atoms with Crippen molar-refractivity contribution in [2.45, 2.75) is 26.3 Å². The summed E-state index contributed by atoms with van der Waals surface area (Å²) in [4.78, 5) is 2.40. The summed E-state index contributed by atoms with van der Waals surface area (Å²) in [7, 11) is 1.75. The third-order valence-electron chi connectivity index (χ3n) is 3.58. The first kappa shape index (κ1) is 18.9. The minimum Gasteiger partial charge on any atom is -0.383 e. The van der Waals surface area contributed by atoms with Crippen molar-refractivity contribution in [2.75, 3.05) is 39.9 Å². The van der Waals surface area contributed by atoms with Crippen LogP contribution in [-0.2, 0) is 4.74 Å². The first-order valence-corrected chi connectivity index (χ1v) is 8.69. The van der Waals surface area contributed by atoms with Gasteiger partial charge in [-0.2, -0.15) is 0 Å². The molecule has 1 rings (SSSR count). The predicted octanol–water partition coefficient (Wildman–Crippen LogP) is 4.11. The summed E-state index contributed by atoms with van der Waals surface area (Å²) in [6.07, 6.45) is 1.03. The highest BCUT2D eigenvalue weighted by atomic mass is 79.9. The lowest BCUT2D eigenvalue weighted by Crippen LogP contribution is -2.32. The van der Waals surface area contributed by atoms with Gasteiger partial charge in [-0.25, -0.2) is 0 Å². The predicted molar refractivity (Wildman–Crippen MR) is 94.2 cm³/mol. The van der Waals surface area contributed by atoms with Crippen molar-refractivity contribution in [3.05, 3.63) is 33.3 Å². The third kappa shape index (κ3) is 6.66. The van der Waals surface area contributed by atoms with Crippen LogP contribution in [0.1, 0.15) is 31.9 Å². The topological polar surface area (TPSA) is 24.5 Å². The van der Waals surface area contributed by atoms with Crippen LogP contribution in [0.25, 0.3) is 0 Å². The van der Waals surface area contributed by atoms with Crippen LogP contribution in [0.5, 0.6) is 0 Å². The van der Waals surface area contributed by atoms with Gasteiger partial charge >= 0.3 is 0 Å². The summed E-state index contributed by atoms with van der Waals surface area (Å²) in [5.74, 6) is 0. The van der Waals surface area contributed by atoms with Gasteiger partial charge < -0.3 is 15.0 Å². The fourth-order valence-corrected chi connectivity index (χ4v) is 3.16. The zero-order chi connectivity index (χ0) is 15.7. The average Bonchev–Trinajstić information content (AvgIpc) is 2.46. The van der Waals surface area contributed by atoms with Crippen molar-refractivity contribution in [1.82, 2.24) is 10.2 Å². The maximum atomic E-state index is 6.39. The number of nitrogens with one attached hydrogen (secondary N) is 1. The highest BCUT2D eigenvalue weighted by molar-refractivity contribution is 9.10. The summed E-state index contributed by atoms with van der Waals surface area (Å²) in [6, 6.07) is 6.40. The van der Waals surface area contributed by atoms with Gasteiger partial charge in [0, 0.05) is 35.7 Å². The maximum Gasteiger partial charge on any atom is 0.0589 e. The SMILES string of the molecule is CCNC(CCN(CC)CCOC)c1ccc(Br)cc1Cl. The molecule has 3 nitrogen and oxygen atoms in total. The molecule has 1 atom stereocenters. The van der Waals surface area contributed by atoms with Crippen LogP contribution >= 0.6 is 27.5 Å². The Morgan fingerprint density at radius 1 is 1.33 bits per heavy atom. The lowest BCUT2D eigenvalue weighted by molar-refractivity contribution is 0.148. The number of hydrogen-bond donors (Lipinski definition) is 1. The number of nitrogens with zero attached hydrogens (tertiary/aromatic N) is 1. The Labute approximate surface area is 142 Å². The fourth-order valence-electron chi connectivity index (χ4n) is 2.36. The van der Waals surface area contributed by atoms with Gasteiger partial charge in [0.25, 0.3) is 0 Å². The zero-order valence-corrected chi connectivity index (χ0v) is 15.5.